The van der Waals surface area contributed by atoms with E-state index in [2.05, 4.69) is 11.8 Å². The molecule has 0 atom stereocenters. The van der Waals surface area contributed by atoms with Crippen LogP contribution in [0.5, 0.6) is 0 Å². The molecule has 0 rings (SSSR count). The molecule has 0 aliphatic rings. The molecule has 0 heterocycles. The van der Waals surface area contributed by atoms with E-state index in [1.807, 2.05) is 13.8 Å². The predicted octanol–water partition coefficient (Wildman–Crippen LogP) is 1.67. The summed E-state index contributed by atoms with van der Waals surface area (Å²) in [6.45, 7) is 3.64. The van der Waals surface area contributed by atoms with E-state index in [0.717, 1.165) is 0 Å². The molecular weight excluding hydrogens is 100 g/mol. The van der Waals surface area contributed by atoms with Gasteiger partial charge in [0.1, 0.15) is 0 Å². The zero-order valence-corrected chi connectivity index (χ0v) is 4.06. The molecule has 1 heteroatoms. The summed E-state index contributed by atoms with van der Waals surface area (Å²) in [7, 11) is 0. The fourth-order valence-corrected chi connectivity index (χ4v) is 0. The summed E-state index contributed by atoms with van der Waals surface area (Å²) >= 11 is 0. The molecule has 0 N–H and O–H groups in total. The molecule has 0 aromatic carbocycles. The van der Waals surface area contributed by atoms with Crippen molar-refractivity contribution >= 4 is 0 Å². The van der Waals surface area contributed by atoms with Gasteiger partial charge in [-0.05, 0) is 13.8 Å². The first-order valence-electron chi connectivity index (χ1n) is 1.25. The van der Waals surface area contributed by atoms with Crippen LogP contribution in [0.3, 0.4) is 0 Å². The van der Waals surface area contributed by atoms with Crippen molar-refractivity contribution in [2.45, 2.75) is 21.3 Å². The Balaban J connectivity index is -0.0000000450. The van der Waals surface area contributed by atoms with E-state index in [1.54, 1.807) is 0 Å². The first kappa shape index (κ1) is 15.8. The van der Waals surface area contributed by atoms with Gasteiger partial charge in [-0.3, -0.25) is 0 Å². The van der Waals surface area contributed by atoms with E-state index in [0.29, 0.717) is 0 Å². The van der Waals surface area contributed by atoms with Crippen molar-refractivity contribution < 1.29 is 37.7 Å². The minimum Gasteiger partial charge on any atom is -0.107 e. The van der Waals surface area contributed by atoms with Gasteiger partial charge in [0, 0.05) is 37.7 Å². The molecule has 0 fully saturated rings. The third-order valence-corrected chi connectivity index (χ3v) is 0.250. The third-order valence-electron chi connectivity index (χ3n) is 0.250. The SMILES string of the molecule is C.CC#CC.[Ar]. The van der Waals surface area contributed by atoms with Gasteiger partial charge >= 0.3 is 0 Å². The summed E-state index contributed by atoms with van der Waals surface area (Å²) in [4.78, 5) is 0. The third kappa shape index (κ3) is 21.2. The Hall–Kier alpha value is 0.820. The molecule has 0 nitrogen and oxygen atoms in total. The molecule has 0 unspecified atom stereocenters. The maximum absolute atomic E-state index is 2.68. The first-order valence-corrected chi connectivity index (χ1v) is 1.25. The average Bonchev–Trinajstić information content (AvgIpc) is 1.37. The first-order chi connectivity index (χ1) is 1.91. The molecule has 6 heavy (non-hydrogen) atoms. The van der Waals surface area contributed by atoms with Gasteiger partial charge < -0.3 is 0 Å². The zero-order chi connectivity index (χ0) is 3.41. The smallest absolute Gasteiger partial charge is 0 e. The Morgan fingerprint density at radius 3 is 1.17 bits per heavy atom. The van der Waals surface area contributed by atoms with Crippen molar-refractivity contribution in [2.24, 2.45) is 0 Å². The summed E-state index contributed by atoms with van der Waals surface area (Å²) in [5.41, 5.74) is 0. The van der Waals surface area contributed by atoms with Crippen LogP contribution < -0.4 is 0 Å². The Labute approximate surface area is 70.3 Å². The molecule has 0 bridgehead atoms. The molecule has 0 saturated carbocycles. The van der Waals surface area contributed by atoms with E-state index in [-0.39, 0.29) is 45.2 Å². The van der Waals surface area contributed by atoms with E-state index in [4.69, 9.17) is 0 Å². The second-order valence-electron chi connectivity index (χ2n) is 0.500. The van der Waals surface area contributed by atoms with Crippen LogP contribution in [0.2, 0.25) is 0 Å². The second-order valence-corrected chi connectivity index (χ2v) is 0.500. The summed E-state index contributed by atoms with van der Waals surface area (Å²) in [6.07, 6.45) is 0. The van der Waals surface area contributed by atoms with Crippen molar-refractivity contribution in [3.8, 4) is 11.8 Å². The van der Waals surface area contributed by atoms with Crippen LogP contribution in [-0.4, -0.2) is 0 Å². The molecule has 0 aromatic rings. The summed E-state index contributed by atoms with van der Waals surface area (Å²) in [6, 6.07) is 0. The largest absolute Gasteiger partial charge is 0.107 e. The maximum Gasteiger partial charge on any atom is 0 e. The van der Waals surface area contributed by atoms with Gasteiger partial charge in [-0.25, -0.2) is 0 Å². The summed E-state index contributed by atoms with van der Waals surface area (Å²) in [5.74, 6) is 5.36. The van der Waals surface area contributed by atoms with E-state index >= 15 is 0 Å². The quantitative estimate of drug-likeness (QED) is 0.416. The van der Waals surface area contributed by atoms with Crippen LogP contribution in [0.15, 0.2) is 0 Å². The normalized spacial score (nSPS) is 2.33. The van der Waals surface area contributed by atoms with Crippen molar-refractivity contribution in [3.05, 3.63) is 0 Å². The van der Waals surface area contributed by atoms with Crippen LogP contribution in [0.25, 0.3) is 0 Å². The van der Waals surface area contributed by atoms with E-state index in [9.17, 15) is 0 Å². The summed E-state index contributed by atoms with van der Waals surface area (Å²) in [5, 5.41) is 0. The van der Waals surface area contributed by atoms with Crippen LogP contribution >= 0.6 is 0 Å². The van der Waals surface area contributed by atoms with Crippen LogP contribution in [0.1, 0.15) is 21.3 Å². The average molecular weight is 110 g/mol. The van der Waals surface area contributed by atoms with Gasteiger partial charge in [-0.1, -0.05) is 7.43 Å². The van der Waals surface area contributed by atoms with Gasteiger partial charge in [0.25, 0.3) is 0 Å². The second kappa shape index (κ2) is 17.0. The molecule has 0 radical (unpaired) electrons. The molecule has 0 spiro atoms. The number of rotatable bonds is 0. The molecular formula is C5H10Ar. The molecule has 0 aliphatic carbocycles. The van der Waals surface area contributed by atoms with Crippen LogP contribution in [0.4, 0.5) is 0 Å². The molecule has 0 saturated heterocycles. The Morgan fingerprint density at radius 1 is 1.00 bits per heavy atom. The van der Waals surface area contributed by atoms with Crippen molar-refractivity contribution in [1.29, 1.82) is 0 Å². The Bertz CT molecular complexity index is 40.7. The van der Waals surface area contributed by atoms with Crippen molar-refractivity contribution in [2.75, 3.05) is 0 Å². The van der Waals surface area contributed by atoms with Gasteiger partial charge in [-0.15, -0.1) is 11.8 Å². The molecule has 0 amide bonds. The van der Waals surface area contributed by atoms with Crippen LogP contribution in [0, 0.1) is 49.6 Å². The van der Waals surface area contributed by atoms with E-state index < -0.39 is 0 Å². The van der Waals surface area contributed by atoms with Gasteiger partial charge in [0.15, 0.2) is 0 Å². The van der Waals surface area contributed by atoms with Crippen molar-refractivity contribution in [1.82, 2.24) is 0 Å². The molecule has 38 valence electrons. The molecule has 0 aromatic heterocycles. The van der Waals surface area contributed by atoms with Crippen LogP contribution in [-0.2, 0) is 0 Å². The molecule has 0 aliphatic heterocycles. The van der Waals surface area contributed by atoms with E-state index in [1.165, 1.54) is 0 Å². The minimum atomic E-state index is 0. The standard InChI is InChI=1S/C4H6.CH4.Ar/c1-3-4-2;;/h1-2H3;1H4;. The summed E-state index contributed by atoms with van der Waals surface area (Å²) < 4.78 is 0. The Kier molecular flexibility index (Phi) is 44.9. The number of hydrogen-bond donors (Lipinski definition) is 0. The zero-order valence-electron chi connectivity index (χ0n) is 3.35. The van der Waals surface area contributed by atoms with Gasteiger partial charge in [0.05, 0.1) is 0 Å². The Morgan fingerprint density at radius 2 is 1.17 bits per heavy atom. The fraction of sp³-hybridized carbons (Fsp3) is 0.600. The maximum atomic E-state index is 2.68. The minimum absolute atomic E-state index is 0. The fourth-order valence-electron chi connectivity index (χ4n) is 0. The topological polar surface area (TPSA) is 0 Å². The number of hydrogen-bond acceptors (Lipinski definition) is 0. The predicted molar refractivity (Wildman–Crippen MR) is 25.9 cm³/mol. The van der Waals surface area contributed by atoms with Gasteiger partial charge in [0.2, 0.25) is 0 Å². The van der Waals surface area contributed by atoms with Crippen molar-refractivity contribution in [3.63, 3.8) is 0 Å². The monoisotopic (exact) mass is 110 g/mol. The van der Waals surface area contributed by atoms with Gasteiger partial charge in [-0.2, -0.15) is 0 Å².